The highest BCUT2D eigenvalue weighted by atomic mass is 16.6. The summed E-state index contributed by atoms with van der Waals surface area (Å²) < 4.78 is 5.55. The van der Waals surface area contributed by atoms with Crippen LogP contribution in [0.15, 0.2) is 30.3 Å². The molecule has 6 heteroatoms. The molecule has 2 atom stereocenters. The van der Waals surface area contributed by atoms with Crippen LogP contribution in [0, 0.1) is 5.92 Å². The first-order valence-electron chi connectivity index (χ1n) is 10.6. The van der Waals surface area contributed by atoms with E-state index in [0.29, 0.717) is 32.0 Å². The number of amides is 2. The fraction of sp³-hybridized carbons (Fsp3) is 0.652. The summed E-state index contributed by atoms with van der Waals surface area (Å²) in [6, 6.07) is 9.78. The standard InChI is InChI=1S/C23H37N3O3/c1-17(2)14-19-16-25(22(28)29-23(3,4)5)12-13-26(19)21(27)20(24-6)15-18-10-8-7-9-11-18/h7-11,17,19-20,24H,12-16H2,1-6H3. The van der Waals surface area contributed by atoms with Crippen LogP contribution >= 0.6 is 0 Å². The topological polar surface area (TPSA) is 61.9 Å². The van der Waals surface area contributed by atoms with Gasteiger partial charge in [-0.1, -0.05) is 44.2 Å². The molecule has 162 valence electrons. The minimum atomic E-state index is -0.523. The molecule has 1 aliphatic rings. The second kappa shape index (κ2) is 10.1. The predicted molar refractivity (Wildman–Crippen MR) is 116 cm³/mol. The van der Waals surface area contributed by atoms with E-state index in [-0.39, 0.29) is 24.1 Å². The Balaban J connectivity index is 2.11. The summed E-state index contributed by atoms with van der Waals surface area (Å²) in [4.78, 5) is 29.6. The molecule has 0 bridgehead atoms. The molecule has 2 amide bonds. The van der Waals surface area contributed by atoms with Crippen LogP contribution < -0.4 is 5.32 Å². The summed E-state index contributed by atoms with van der Waals surface area (Å²) >= 11 is 0. The average molecular weight is 404 g/mol. The van der Waals surface area contributed by atoms with Crippen molar-refractivity contribution in [3.63, 3.8) is 0 Å². The van der Waals surface area contributed by atoms with Crippen molar-refractivity contribution in [2.24, 2.45) is 5.92 Å². The van der Waals surface area contributed by atoms with Crippen molar-refractivity contribution in [3.8, 4) is 0 Å². The van der Waals surface area contributed by atoms with Gasteiger partial charge in [-0.3, -0.25) is 4.79 Å². The van der Waals surface area contributed by atoms with Crippen LogP contribution in [0.25, 0.3) is 0 Å². The number of carbonyl (C=O) groups excluding carboxylic acids is 2. The molecule has 29 heavy (non-hydrogen) atoms. The highest BCUT2D eigenvalue weighted by Gasteiger charge is 2.36. The van der Waals surface area contributed by atoms with Gasteiger partial charge in [0.1, 0.15) is 5.60 Å². The number of hydrogen-bond donors (Lipinski definition) is 1. The van der Waals surface area contributed by atoms with Crippen molar-refractivity contribution in [3.05, 3.63) is 35.9 Å². The van der Waals surface area contributed by atoms with E-state index in [9.17, 15) is 9.59 Å². The van der Waals surface area contributed by atoms with Crippen LogP contribution in [-0.2, 0) is 16.0 Å². The van der Waals surface area contributed by atoms with Gasteiger partial charge < -0.3 is 19.9 Å². The molecule has 1 aromatic carbocycles. The number of nitrogens with one attached hydrogen (secondary N) is 1. The number of nitrogens with zero attached hydrogens (tertiary/aromatic N) is 2. The van der Waals surface area contributed by atoms with Crippen molar-refractivity contribution < 1.29 is 14.3 Å². The van der Waals surface area contributed by atoms with E-state index < -0.39 is 5.60 Å². The lowest BCUT2D eigenvalue weighted by Crippen LogP contribution is -2.60. The molecule has 1 N–H and O–H groups in total. The summed E-state index contributed by atoms with van der Waals surface area (Å²) in [5, 5.41) is 3.19. The molecule has 1 heterocycles. The Bertz CT molecular complexity index is 670. The third kappa shape index (κ3) is 7.03. The van der Waals surface area contributed by atoms with Gasteiger partial charge in [-0.25, -0.2) is 4.79 Å². The molecule has 1 aliphatic heterocycles. The minimum Gasteiger partial charge on any atom is -0.444 e. The molecule has 6 nitrogen and oxygen atoms in total. The fourth-order valence-corrected chi connectivity index (χ4v) is 3.75. The Hall–Kier alpha value is -2.08. The number of hydrogen-bond acceptors (Lipinski definition) is 4. The van der Waals surface area contributed by atoms with E-state index in [1.54, 1.807) is 4.90 Å². The summed E-state index contributed by atoms with van der Waals surface area (Å²) in [6.07, 6.45) is 1.21. The number of piperazine rings is 1. The lowest BCUT2D eigenvalue weighted by atomic mass is 9.98. The highest BCUT2D eigenvalue weighted by Crippen LogP contribution is 2.21. The SMILES string of the molecule is CNC(Cc1ccccc1)C(=O)N1CCN(C(=O)OC(C)(C)C)CC1CC(C)C. The molecular weight excluding hydrogens is 366 g/mol. The molecule has 2 unspecified atom stereocenters. The van der Waals surface area contributed by atoms with Crippen molar-refractivity contribution in [2.75, 3.05) is 26.7 Å². The van der Waals surface area contributed by atoms with Gasteiger partial charge in [0.15, 0.2) is 0 Å². The van der Waals surface area contributed by atoms with Crippen molar-refractivity contribution in [1.29, 1.82) is 0 Å². The van der Waals surface area contributed by atoms with Crippen LogP contribution in [-0.4, -0.2) is 66.2 Å². The van der Waals surface area contributed by atoms with Gasteiger partial charge in [0.05, 0.1) is 6.04 Å². The maximum atomic E-state index is 13.4. The van der Waals surface area contributed by atoms with Crippen LogP contribution in [0.3, 0.4) is 0 Å². The minimum absolute atomic E-state index is 0.00427. The molecule has 2 rings (SSSR count). The first-order chi connectivity index (χ1) is 13.6. The fourth-order valence-electron chi connectivity index (χ4n) is 3.75. The Morgan fingerprint density at radius 3 is 2.38 bits per heavy atom. The van der Waals surface area contributed by atoms with Crippen LogP contribution in [0.2, 0.25) is 0 Å². The average Bonchev–Trinajstić information content (AvgIpc) is 2.64. The van der Waals surface area contributed by atoms with Crippen molar-refractivity contribution in [1.82, 2.24) is 15.1 Å². The lowest BCUT2D eigenvalue weighted by molar-refractivity contribution is -0.138. The zero-order chi connectivity index (χ0) is 21.6. The largest absolute Gasteiger partial charge is 0.444 e. The van der Waals surface area contributed by atoms with Gasteiger partial charge in [-0.2, -0.15) is 0 Å². The molecule has 0 aliphatic carbocycles. The first kappa shape index (κ1) is 23.2. The Kier molecular flexibility index (Phi) is 8.08. The van der Waals surface area contributed by atoms with E-state index in [2.05, 4.69) is 19.2 Å². The van der Waals surface area contributed by atoms with Gasteiger partial charge in [-0.15, -0.1) is 0 Å². The Labute approximate surface area is 175 Å². The Morgan fingerprint density at radius 1 is 1.17 bits per heavy atom. The van der Waals surface area contributed by atoms with Crippen LogP contribution in [0.5, 0.6) is 0 Å². The first-order valence-corrected chi connectivity index (χ1v) is 10.6. The molecule has 1 saturated heterocycles. The monoisotopic (exact) mass is 403 g/mol. The van der Waals surface area contributed by atoms with E-state index in [4.69, 9.17) is 4.74 Å². The van der Waals surface area contributed by atoms with E-state index in [0.717, 1.165) is 12.0 Å². The number of carbonyl (C=O) groups is 2. The summed E-state index contributed by atoms with van der Waals surface area (Å²) in [5.74, 6) is 0.530. The molecular formula is C23H37N3O3. The van der Waals surface area contributed by atoms with Crippen LogP contribution in [0.1, 0.15) is 46.6 Å². The quantitative estimate of drug-likeness (QED) is 0.792. The zero-order valence-corrected chi connectivity index (χ0v) is 18.8. The van der Waals surface area contributed by atoms with Gasteiger partial charge in [-0.05, 0) is 52.1 Å². The third-order valence-corrected chi connectivity index (χ3v) is 5.09. The Morgan fingerprint density at radius 2 is 1.83 bits per heavy atom. The molecule has 0 aromatic heterocycles. The van der Waals surface area contributed by atoms with E-state index in [1.807, 2.05) is 63.1 Å². The van der Waals surface area contributed by atoms with E-state index >= 15 is 0 Å². The molecule has 0 radical (unpaired) electrons. The smallest absolute Gasteiger partial charge is 0.410 e. The second-order valence-corrected chi connectivity index (χ2v) is 9.27. The second-order valence-electron chi connectivity index (χ2n) is 9.27. The number of likely N-dealkylation sites (N-methyl/N-ethyl adjacent to an activating group) is 1. The number of rotatable bonds is 6. The normalized spacial score (nSPS) is 18.7. The van der Waals surface area contributed by atoms with Crippen molar-refractivity contribution in [2.45, 2.75) is 65.1 Å². The molecule has 0 saturated carbocycles. The number of ether oxygens (including phenoxy) is 1. The lowest BCUT2D eigenvalue weighted by Gasteiger charge is -2.43. The summed E-state index contributed by atoms with van der Waals surface area (Å²) in [6.45, 7) is 11.5. The maximum absolute atomic E-state index is 13.4. The van der Waals surface area contributed by atoms with E-state index in [1.165, 1.54) is 0 Å². The molecule has 0 spiro atoms. The third-order valence-electron chi connectivity index (χ3n) is 5.09. The number of benzene rings is 1. The summed E-state index contributed by atoms with van der Waals surface area (Å²) in [5.41, 5.74) is 0.609. The summed E-state index contributed by atoms with van der Waals surface area (Å²) in [7, 11) is 1.83. The molecule has 1 aromatic rings. The maximum Gasteiger partial charge on any atom is 0.410 e. The predicted octanol–water partition coefficient (Wildman–Crippen LogP) is 3.31. The van der Waals surface area contributed by atoms with Crippen LogP contribution in [0.4, 0.5) is 4.79 Å². The van der Waals surface area contributed by atoms with Gasteiger partial charge in [0, 0.05) is 25.7 Å². The zero-order valence-electron chi connectivity index (χ0n) is 18.8. The van der Waals surface area contributed by atoms with Gasteiger partial charge in [0.25, 0.3) is 0 Å². The van der Waals surface area contributed by atoms with Crippen molar-refractivity contribution >= 4 is 12.0 Å². The molecule has 1 fully saturated rings. The highest BCUT2D eigenvalue weighted by molar-refractivity contribution is 5.83. The van der Waals surface area contributed by atoms with Gasteiger partial charge in [0.2, 0.25) is 5.91 Å². The van der Waals surface area contributed by atoms with Gasteiger partial charge >= 0.3 is 6.09 Å².